The summed E-state index contributed by atoms with van der Waals surface area (Å²) in [4.78, 5) is 67.8. The summed E-state index contributed by atoms with van der Waals surface area (Å²) in [5, 5.41) is 14.1. The van der Waals surface area contributed by atoms with Gasteiger partial charge in [0.05, 0.1) is 17.1 Å². The van der Waals surface area contributed by atoms with Crippen LogP contribution in [0.15, 0.2) is 12.7 Å². The maximum Gasteiger partial charge on any atom is 0.408 e. The lowest BCUT2D eigenvalue weighted by molar-refractivity contribution is -0.205. The Balaban J connectivity index is 1.54. The van der Waals surface area contributed by atoms with Gasteiger partial charge in [-0.1, -0.05) is 47.6 Å². The maximum absolute atomic E-state index is 13.9. The third-order valence-corrected chi connectivity index (χ3v) is 14.0. The van der Waals surface area contributed by atoms with E-state index in [9.17, 15) is 29.1 Å². The van der Waals surface area contributed by atoms with Crippen molar-refractivity contribution < 1.29 is 43.3 Å². The van der Waals surface area contributed by atoms with Crippen molar-refractivity contribution in [3.8, 4) is 0 Å². The fourth-order valence-corrected chi connectivity index (χ4v) is 10.7. The Hall–Kier alpha value is -2.60. The molecule has 51 heavy (non-hydrogen) atoms. The van der Waals surface area contributed by atoms with Crippen LogP contribution in [0, 0.1) is 39.9 Å². The fraction of sp³-hybridized carbons (Fsp3) is 0.821. The zero-order valence-electron chi connectivity index (χ0n) is 32.4. The average Bonchev–Trinajstić information content (AvgIpc) is 3.39. The Morgan fingerprint density at radius 2 is 1.78 bits per heavy atom. The molecule has 1 heterocycles. The molecule has 4 aliphatic rings. The number of ether oxygens (including phenoxy) is 3. The number of thioether (sulfide) groups is 1. The van der Waals surface area contributed by atoms with E-state index in [2.05, 4.69) is 32.7 Å². The minimum Gasteiger partial charge on any atom is -0.461 e. The van der Waals surface area contributed by atoms with Crippen molar-refractivity contribution in [1.29, 1.82) is 0 Å². The van der Waals surface area contributed by atoms with Gasteiger partial charge in [0, 0.05) is 49.6 Å². The molecule has 1 aliphatic heterocycles. The third-order valence-electron chi connectivity index (χ3n) is 12.7. The molecule has 2 amide bonds. The number of aliphatic hydroxyl groups is 1. The minimum atomic E-state index is -0.832. The van der Waals surface area contributed by atoms with Crippen LogP contribution in [-0.4, -0.2) is 93.8 Å². The smallest absolute Gasteiger partial charge is 0.408 e. The molecule has 2 N–H and O–H groups in total. The van der Waals surface area contributed by atoms with Crippen LogP contribution in [0.25, 0.3) is 0 Å². The van der Waals surface area contributed by atoms with E-state index in [0.717, 1.165) is 19.3 Å². The molecule has 1 saturated heterocycles. The van der Waals surface area contributed by atoms with Crippen molar-refractivity contribution in [2.24, 2.45) is 39.9 Å². The fourth-order valence-electron chi connectivity index (χ4n) is 9.62. The molecule has 2 bridgehead atoms. The van der Waals surface area contributed by atoms with Crippen molar-refractivity contribution in [3.05, 3.63) is 12.7 Å². The number of ketones is 1. The van der Waals surface area contributed by atoms with Crippen LogP contribution >= 0.6 is 11.8 Å². The molecule has 11 nitrogen and oxygen atoms in total. The van der Waals surface area contributed by atoms with Crippen molar-refractivity contribution >= 4 is 41.5 Å². The summed E-state index contributed by atoms with van der Waals surface area (Å²) in [6, 6.07) is -0.832. The lowest BCUT2D eigenvalue weighted by Gasteiger charge is -2.61. The van der Waals surface area contributed by atoms with E-state index in [1.807, 2.05) is 20.8 Å². The highest BCUT2D eigenvalue weighted by Crippen LogP contribution is 2.68. The summed E-state index contributed by atoms with van der Waals surface area (Å²) < 4.78 is 17.5. The molecular formula is C39H62N2O9S. The molecule has 288 valence electrons. The predicted octanol–water partition coefficient (Wildman–Crippen LogP) is 5.71. The third kappa shape index (κ3) is 8.31. The normalized spacial score (nSPS) is 37.4. The van der Waals surface area contributed by atoms with Gasteiger partial charge in [-0.15, -0.1) is 18.3 Å². The van der Waals surface area contributed by atoms with Crippen LogP contribution in [0.5, 0.6) is 0 Å². The Morgan fingerprint density at radius 3 is 2.37 bits per heavy atom. The second-order valence-corrected chi connectivity index (χ2v) is 18.7. The number of carbonyl (C=O) groups is 5. The van der Waals surface area contributed by atoms with E-state index >= 15 is 0 Å². The number of amides is 2. The monoisotopic (exact) mass is 734 g/mol. The van der Waals surface area contributed by atoms with Gasteiger partial charge in [0.15, 0.2) is 0 Å². The molecule has 0 aromatic rings. The van der Waals surface area contributed by atoms with Gasteiger partial charge >= 0.3 is 18.0 Å². The summed E-state index contributed by atoms with van der Waals surface area (Å²) in [5.74, 6) is -1.64. The maximum atomic E-state index is 13.9. The number of alkyl carbamates (subject to hydrolysis) is 1. The van der Waals surface area contributed by atoms with E-state index in [0.29, 0.717) is 25.8 Å². The molecule has 12 heteroatoms. The van der Waals surface area contributed by atoms with Gasteiger partial charge in [0.1, 0.15) is 29.6 Å². The molecule has 0 spiro atoms. The van der Waals surface area contributed by atoms with E-state index in [4.69, 9.17) is 14.2 Å². The van der Waals surface area contributed by atoms with Gasteiger partial charge in [-0.25, -0.2) is 4.79 Å². The second-order valence-electron chi connectivity index (χ2n) is 17.5. The van der Waals surface area contributed by atoms with Crippen molar-refractivity contribution in [2.75, 3.05) is 18.8 Å². The number of likely N-dealkylation sites (tertiary alicyclic amines) is 1. The molecule has 0 aromatic heterocycles. The number of esters is 2. The lowest BCUT2D eigenvalue weighted by atomic mass is 9.44. The standard InChI is InChI=1S/C39H62N2O9S/c1-12-37(10)19-29(38(11)23(4)13-16-39(24(5)33(37)45)17-14-26(43)32(38)39)49-30(44)21-51-28-20-41(18-15-27(28)48-25(6)42)34(46)31(22(2)3)40-35(47)50-36(7,8)9/h12,22-24,27-29,31-33,45H,1,13-21H2,2-11H3,(H,40,47)/t23?,24-,27?,28?,29+,31?,32?,33?,37+,38-,39?/m0/s1. The summed E-state index contributed by atoms with van der Waals surface area (Å²) in [6.45, 7) is 23.2. The zero-order chi connectivity index (χ0) is 38.3. The van der Waals surface area contributed by atoms with Crippen LogP contribution < -0.4 is 5.32 Å². The average molecular weight is 735 g/mol. The van der Waals surface area contributed by atoms with Gasteiger partial charge in [0.25, 0.3) is 0 Å². The quantitative estimate of drug-likeness (QED) is 0.172. The van der Waals surface area contributed by atoms with Crippen molar-refractivity contribution in [1.82, 2.24) is 10.2 Å². The summed E-state index contributed by atoms with van der Waals surface area (Å²) in [7, 11) is 0. The predicted molar refractivity (Wildman–Crippen MR) is 196 cm³/mol. The Kier molecular flexibility index (Phi) is 12.4. The number of nitrogens with zero attached hydrogens (tertiary/aromatic N) is 1. The summed E-state index contributed by atoms with van der Waals surface area (Å²) in [6.07, 6.45) is 2.78. The van der Waals surface area contributed by atoms with Gasteiger partial charge in [0.2, 0.25) is 5.91 Å². The number of nitrogens with one attached hydrogen (secondary N) is 1. The Bertz CT molecular complexity index is 1360. The highest BCUT2D eigenvalue weighted by Gasteiger charge is 2.68. The number of aliphatic hydroxyl groups excluding tert-OH is 1. The molecule has 0 radical (unpaired) electrons. The molecule has 0 aromatic carbocycles. The van der Waals surface area contributed by atoms with Crippen LogP contribution in [0.4, 0.5) is 4.79 Å². The van der Waals surface area contributed by atoms with E-state index < -0.39 is 64.1 Å². The van der Waals surface area contributed by atoms with Crippen LogP contribution in [-0.2, 0) is 33.4 Å². The first-order valence-electron chi connectivity index (χ1n) is 18.7. The second kappa shape index (κ2) is 15.4. The summed E-state index contributed by atoms with van der Waals surface area (Å²) >= 11 is 1.27. The van der Waals surface area contributed by atoms with Crippen molar-refractivity contribution in [2.45, 2.75) is 143 Å². The van der Waals surface area contributed by atoms with Gasteiger partial charge in [-0.3, -0.25) is 19.2 Å². The Labute approximate surface area is 308 Å². The van der Waals surface area contributed by atoms with E-state index in [1.165, 1.54) is 18.7 Å². The van der Waals surface area contributed by atoms with Crippen LogP contribution in [0.2, 0.25) is 0 Å². The topological polar surface area (TPSA) is 149 Å². The zero-order valence-corrected chi connectivity index (χ0v) is 33.2. The van der Waals surface area contributed by atoms with Gasteiger partial charge < -0.3 is 29.5 Å². The molecule has 3 aliphatic carbocycles. The van der Waals surface area contributed by atoms with Gasteiger partial charge in [-0.2, -0.15) is 0 Å². The van der Waals surface area contributed by atoms with E-state index in [1.54, 1.807) is 31.7 Å². The number of Topliss-reactive ketones (excluding diaryl/α,β-unsaturated/α-hetero) is 1. The molecule has 4 rings (SSSR count). The number of hydrogen-bond donors (Lipinski definition) is 2. The first-order valence-corrected chi connectivity index (χ1v) is 19.8. The van der Waals surface area contributed by atoms with E-state index in [-0.39, 0.29) is 53.1 Å². The Morgan fingerprint density at radius 1 is 1.12 bits per heavy atom. The molecule has 4 fully saturated rings. The SMILES string of the molecule is C=C[C@]1(C)C[C@@H](OC(=O)CSC2CN(C(=O)C(NC(=O)OC(C)(C)C)C(C)C)CCC2OC(C)=O)[C@]2(C)C(C)CCC3(CCC(=O)C32)[C@@H](C)C1O. The summed E-state index contributed by atoms with van der Waals surface area (Å²) in [5.41, 5.74) is -2.48. The first-order chi connectivity index (χ1) is 23.6. The molecule has 3 saturated carbocycles. The van der Waals surface area contributed by atoms with Crippen molar-refractivity contribution in [3.63, 3.8) is 0 Å². The number of piperidine rings is 1. The highest BCUT2D eigenvalue weighted by atomic mass is 32.2. The highest BCUT2D eigenvalue weighted by molar-refractivity contribution is 8.00. The number of rotatable bonds is 9. The van der Waals surface area contributed by atoms with Gasteiger partial charge in [-0.05, 0) is 69.6 Å². The van der Waals surface area contributed by atoms with Crippen LogP contribution in [0.1, 0.15) is 108 Å². The minimum absolute atomic E-state index is 0.0668. The number of hydrogen-bond acceptors (Lipinski definition) is 10. The number of carbonyl (C=O) groups excluding carboxylic acids is 5. The largest absolute Gasteiger partial charge is 0.461 e. The molecule has 7 unspecified atom stereocenters. The molecular weight excluding hydrogens is 673 g/mol. The first kappa shape index (κ1) is 41.2. The lowest BCUT2D eigenvalue weighted by Crippen LogP contribution is -2.63. The molecule has 11 atom stereocenters. The van der Waals surface area contributed by atoms with Crippen LogP contribution in [0.3, 0.4) is 0 Å².